The van der Waals surface area contributed by atoms with E-state index in [1.54, 1.807) is 18.2 Å². The van der Waals surface area contributed by atoms with Crippen molar-refractivity contribution in [2.24, 2.45) is 0 Å². The Morgan fingerprint density at radius 1 is 1.00 bits per heavy atom. The summed E-state index contributed by atoms with van der Waals surface area (Å²) < 4.78 is 7.00. The molecular weight excluding hydrogens is 468 g/mol. The molecule has 6 heteroatoms. The minimum Gasteiger partial charge on any atom is -0.507 e. The van der Waals surface area contributed by atoms with Gasteiger partial charge in [0.25, 0.3) is 5.91 Å². The molecule has 0 spiro atoms. The van der Waals surface area contributed by atoms with Crippen LogP contribution < -0.4 is 4.74 Å². The Morgan fingerprint density at radius 3 is 2.53 bits per heavy atom. The van der Waals surface area contributed by atoms with E-state index in [4.69, 9.17) is 4.74 Å². The van der Waals surface area contributed by atoms with Crippen LogP contribution in [0, 0.1) is 13.8 Å². The number of benzene rings is 3. The van der Waals surface area contributed by atoms with E-state index in [2.05, 4.69) is 59.1 Å². The van der Waals surface area contributed by atoms with Crippen LogP contribution in [0.15, 0.2) is 64.4 Å². The van der Waals surface area contributed by atoms with Crippen LogP contribution in [0.2, 0.25) is 0 Å². The van der Waals surface area contributed by atoms with Crippen molar-refractivity contribution < 1.29 is 19.1 Å². The summed E-state index contributed by atoms with van der Waals surface area (Å²) in [7, 11) is 4.47. The molecule has 1 amide bonds. The van der Waals surface area contributed by atoms with Crippen LogP contribution in [0.4, 0.5) is 0 Å². The van der Waals surface area contributed by atoms with Crippen LogP contribution in [0.5, 0.6) is 11.5 Å². The first kappa shape index (κ1) is 26.1. The minimum absolute atomic E-state index is 0.0322. The second-order valence-corrected chi connectivity index (χ2v) is 11.4. The number of rotatable bonds is 9. The van der Waals surface area contributed by atoms with E-state index in [0.717, 1.165) is 45.8 Å². The van der Waals surface area contributed by atoms with Gasteiger partial charge in [-0.2, -0.15) is 0 Å². The number of quaternary nitrogens is 1. The van der Waals surface area contributed by atoms with Crippen molar-refractivity contribution in [3.63, 3.8) is 0 Å². The molecule has 3 aromatic carbocycles. The van der Waals surface area contributed by atoms with E-state index in [-0.39, 0.29) is 11.7 Å². The smallest absolute Gasteiger partial charge is 0.254 e. The van der Waals surface area contributed by atoms with E-state index in [0.29, 0.717) is 30.2 Å². The van der Waals surface area contributed by atoms with E-state index in [9.17, 15) is 9.90 Å². The number of aryl methyl sites for hydroxylation is 2. The summed E-state index contributed by atoms with van der Waals surface area (Å²) in [5.74, 6) is 1.01. The molecule has 0 aliphatic carbocycles. The predicted molar refractivity (Wildman–Crippen MR) is 146 cm³/mol. The van der Waals surface area contributed by atoms with Crippen LogP contribution in [-0.2, 0) is 13.1 Å². The molecule has 1 N–H and O–H groups in total. The third kappa shape index (κ3) is 6.23. The molecule has 1 aliphatic rings. The first-order valence-electron chi connectivity index (χ1n) is 12.6. The fourth-order valence-corrected chi connectivity index (χ4v) is 5.25. The second kappa shape index (κ2) is 11.0. The molecule has 0 radical (unpaired) electrons. The summed E-state index contributed by atoms with van der Waals surface area (Å²) in [4.78, 5) is 16.9. The predicted octanol–water partition coefficient (Wildman–Crippen LogP) is 6.18. The normalized spacial score (nSPS) is 13.1. The number of amides is 1. The number of aromatic hydroxyl groups is 1. The SMILES string of the molecule is CC[N+](C)(C)CCCOc1ccc2c(c1)CN(C(=O)c1ccc(O)c(Sc3ccc(C)c(C)c3)c1)C2. The Bertz CT molecular complexity index is 1250. The number of phenolic OH excluding ortho intramolecular Hbond substituents is 1. The molecule has 1 heterocycles. The lowest BCUT2D eigenvalue weighted by molar-refractivity contribution is -0.888. The van der Waals surface area contributed by atoms with Crippen molar-refractivity contribution >= 4 is 17.7 Å². The highest BCUT2D eigenvalue weighted by molar-refractivity contribution is 7.99. The van der Waals surface area contributed by atoms with Crippen molar-refractivity contribution in [1.29, 1.82) is 0 Å². The first-order chi connectivity index (χ1) is 17.1. The van der Waals surface area contributed by atoms with E-state index < -0.39 is 0 Å². The standard InChI is InChI=1S/C30H36N2O3S/c1-6-32(4,5)14-7-15-35-26-11-9-24-19-31(20-25(24)17-26)30(34)23-10-13-28(33)29(18-23)36-27-12-8-21(2)22(3)16-27/h8-13,16-18H,6-7,14-15,19-20H2,1-5H3/p+1. The van der Waals surface area contributed by atoms with Gasteiger partial charge in [-0.05, 0) is 85.5 Å². The molecule has 1 aliphatic heterocycles. The zero-order chi connectivity index (χ0) is 25.9. The molecule has 0 aromatic heterocycles. The molecule has 36 heavy (non-hydrogen) atoms. The highest BCUT2D eigenvalue weighted by Gasteiger charge is 2.25. The van der Waals surface area contributed by atoms with Crippen molar-refractivity contribution in [3.05, 3.63) is 82.4 Å². The topological polar surface area (TPSA) is 49.8 Å². The van der Waals surface area contributed by atoms with E-state index >= 15 is 0 Å². The van der Waals surface area contributed by atoms with Crippen LogP contribution in [0.1, 0.15) is 46.0 Å². The largest absolute Gasteiger partial charge is 0.507 e. The van der Waals surface area contributed by atoms with Crippen molar-refractivity contribution in [3.8, 4) is 11.5 Å². The number of carbonyl (C=O) groups excluding carboxylic acids is 1. The minimum atomic E-state index is -0.0322. The van der Waals surface area contributed by atoms with Gasteiger partial charge in [0.1, 0.15) is 11.5 Å². The molecule has 0 bridgehead atoms. The van der Waals surface area contributed by atoms with Gasteiger partial charge in [-0.1, -0.05) is 23.9 Å². The van der Waals surface area contributed by atoms with Gasteiger partial charge in [-0.25, -0.2) is 0 Å². The lowest BCUT2D eigenvalue weighted by atomic mass is 10.1. The van der Waals surface area contributed by atoms with E-state index in [1.165, 1.54) is 22.9 Å². The lowest BCUT2D eigenvalue weighted by Crippen LogP contribution is -2.40. The number of fused-ring (bicyclic) bond motifs is 1. The van der Waals surface area contributed by atoms with Gasteiger partial charge >= 0.3 is 0 Å². The van der Waals surface area contributed by atoms with Gasteiger partial charge in [0.05, 0.1) is 38.7 Å². The third-order valence-electron chi connectivity index (χ3n) is 7.13. The fraction of sp³-hybridized carbons (Fsp3) is 0.367. The summed E-state index contributed by atoms with van der Waals surface area (Å²) in [6.07, 6.45) is 1.01. The maximum absolute atomic E-state index is 13.4. The van der Waals surface area contributed by atoms with Gasteiger partial charge in [0, 0.05) is 30.0 Å². The van der Waals surface area contributed by atoms with Crippen LogP contribution >= 0.6 is 11.8 Å². The second-order valence-electron chi connectivity index (χ2n) is 10.3. The maximum Gasteiger partial charge on any atom is 0.254 e. The zero-order valence-corrected chi connectivity index (χ0v) is 22.8. The average Bonchev–Trinajstić information content (AvgIpc) is 3.28. The zero-order valence-electron chi connectivity index (χ0n) is 22.0. The number of ether oxygens (including phenoxy) is 1. The highest BCUT2D eigenvalue weighted by Crippen LogP contribution is 2.36. The average molecular weight is 506 g/mol. The van der Waals surface area contributed by atoms with Crippen LogP contribution in [0.25, 0.3) is 0 Å². The number of phenols is 1. The summed E-state index contributed by atoms with van der Waals surface area (Å²) in [5, 5.41) is 10.4. The fourth-order valence-electron chi connectivity index (χ4n) is 4.26. The summed E-state index contributed by atoms with van der Waals surface area (Å²) in [6, 6.07) is 17.5. The lowest BCUT2D eigenvalue weighted by Gasteiger charge is -2.28. The van der Waals surface area contributed by atoms with Crippen molar-refractivity contribution in [2.45, 2.75) is 50.1 Å². The molecule has 0 atom stereocenters. The number of carbonyl (C=O) groups is 1. The molecule has 0 saturated carbocycles. The highest BCUT2D eigenvalue weighted by atomic mass is 32.2. The Kier molecular flexibility index (Phi) is 7.96. The molecule has 190 valence electrons. The Morgan fingerprint density at radius 2 is 1.78 bits per heavy atom. The van der Waals surface area contributed by atoms with Gasteiger partial charge < -0.3 is 19.2 Å². The Labute approximate surface area is 219 Å². The third-order valence-corrected chi connectivity index (χ3v) is 8.17. The number of nitrogens with zero attached hydrogens (tertiary/aromatic N) is 2. The van der Waals surface area contributed by atoms with Crippen LogP contribution in [0.3, 0.4) is 0 Å². The quantitative estimate of drug-likeness (QED) is 0.279. The Balaban J connectivity index is 1.40. The number of hydrogen-bond acceptors (Lipinski definition) is 4. The first-order valence-corrected chi connectivity index (χ1v) is 13.4. The molecule has 4 rings (SSSR count). The monoisotopic (exact) mass is 505 g/mol. The molecule has 0 saturated heterocycles. The molecule has 0 fully saturated rings. The molecule has 5 nitrogen and oxygen atoms in total. The van der Waals surface area contributed by atoms with E-state index in [1.807, 2.05) is 17.0 Å². The molecular formula is C30H37N2O3S+. The maximum atomic E-state index is 13.4. The van der Waals surface area contributed by atoms with Gasteiger partial charge in [0.2, 0.25) is 0 Å². The molecule has 3 aromatic rings. The molecule has 0 unspecified atom stereocenters. The van der Waals surface area contributed by atoms with Gasteiger partial charge in [0.15, 0.2) is 0 Å². The van der Waals surface area contributed by atoms with Crippen molar-refractivity contribution in [2.75, 3.05) is 33.8 Å². The van der Waals surface area contributed by atoms with Gasteiger partial charge in [-0.3, -0.25) is 4.79 Å². The van der Waals surface area contributed by atoms with Gasteiger partial charge in [-0.15, -0.1) is 0 Å². The summed E-state index contributed by atoms with van der Waals surface area (Å²) in [6.45, 7) is 10.4. The number of hydrogen-bond donors (Lipinski definition) is 1. The Hall–Kier alpha value is -2.96. The van der Waals surface area contributed by atoms with Crippen molar-refractivity contribution in [1.82, 2.24) is 4.90 Å². The summed E-state index contributed by atoms with van der Waals surface area (Å²) in [5.41, 5.74) is 5.31. The summed E-state index contributed by atoms with van der Waals surface area (Å²) >= 11 is 1.47. The van der Waals surface area contributed by atoms with Crippen LogP contribution in [-0.4, -0.2) is 54.2 Å².